The molecule has 0 aliphatic heterocycles. The predicted octanol–water partition coefficient (Wildman–Crippen LogP) is 7.91. The average molecular weight is 416 g/mol. The summed E-state index contributed by atoms with van der Waals surface area (Å²) in [4.78, 5) is 4.56. The molecule has 4 aromatic rings. The van der Waals surface area contributed by atoms with Crippen molar-refractivity contribution in [1.29, 1.82) is 0 Å². The highest BCUT2D eigenvalue weighted by Crippen LogP contribution is 2.36. The first kappa shape index (κ1) is 21.5. The maximum atomic E-state index is 4.56. The van der Waals surface area contributed by atoms with E-state index in [0.29, 0.717) is 0 Å². The van der Waals surface area contributed by atoms with Crippen molar-refractivity contribution in [3.05, 3.63) is 143 Å². The number of unbranched alkanes of at least 4 members (excludes halogenated alkanes) is 1. The van der Waals surface area contributed by atoms with Crippen molar-refractivity contribution in [3.63, 3.8) is 0 Å². The summed E-state index contributed by atoms with van der Waals surface area (Å²) in [6.07, 6.45) is 4.29. The van der Waals surface area contributed by atoms with E-state index in [1.807, 2.05) is 6.21 Å². The van der Waals surface area contributed by atoms with Gasteiger partial charge in [-0.05, 0) is 45.4 Å². The van der Waals surface area contributed by atoms with Gasteiger partial charge >= 0.3 is 0 Å². The predicted molar refractivity (Wildman–Crippen MR) is 138 cm³/mol. The van der Waals surface area contributed by atoms with Crippen LogP contribution in [0.4, 0.5) is 0 Å². The standard InChI is InChI=1S/C31H29N/c1-2-3-23-32-24-25-19-21-29(22-20-25)31(28-17-11-6-12-18-28)30(26-13-7-4-8-14-26)27-15-9-5-10-16-27/h4-22,24H,2-3,23H2,1H3. The molecule has 4 aromatic carbocycles. The van der Waals surface area contributed by atoms with Gasteiger partial charge in [0.15, 0.2) is 0 Å². The Morgan fingerprint density at radius 1 is 0.562 bits per heavy atom. The Balaban J connectivity index is 1.88. The van der Waals surface area contributed by atoms with Crippen LogP contribution in [-0.4, -0.2) is 12.8 Å². The number of aliphatic imine (C=N–C) groups is 1. The summed E-state index contributed by atoms with van der Waals surface area (Å²) in [5, 5.41) is 0. The van der Waals surface area contributed by atoms with Crippen molar-refractivity contribution in [3.8, 4) is 0 Å². The van der Waals surface area contributed by atoms with Crippen LogP contribution in [0.2, 0.25) is 0 Å². The molecule has 0 N–H and O–H groups in total. The molecular formula is C31H29N. The van der Waals surface area contributed by atoms with Crippen LogP contribution in [0.3, 0.4) is 0 Å². The van der Waals surface area contributed by atoms with Crippen LogP contribution in [0.5, 0.6) is 0 Å². The monoisotopic (exact) mass is 415 g/mol. The Morgan fingerprint density at radius 3 is 1.38 bits per heavy atom. The van der Waals surface area contributed by atoms with E-state index < -0.39 is 0 Å². The number of hydrogen-bond donors (Lipinski definition) is 0. The fourth-order valence-corrected chi connectivity index (χ4v) is 3.88. The number of benzene rings is 4. The van der Waals surface area contributed by atoms with Crippen molar-refractivity contribution in [1.82, 2.24) is 0 Å². The molecule has 0 aliphatic rings. The quantitative estimate of drug-likeness (QED) is 0.157. The summed E-state index contributed by atoms with van der Waals surface area (Å²) in [6, 6.07) is 40.8. The minimum Gasteiger partial charge on any atom is -0.293 e. The SMILES string of the molecule is CCCCN=Cc1ccc(C(=C(c2ccccc2)c2ccccc2)c2ccccc2)cc1. The van der Waals surface area contributed by atoms with Crippen LogP contribution < -0.4 is 0 Å². The summed E-state index contributed by atoms with van der Waals surface area (Å²) < 4.78 is 0. The van der Waals surface area contributed by atoms with Gasteiger partial charge in [-0.3, -0.25) is 4.99 Å². The molecule has 0 heterocycles. The fourth-order valence-electron chi connectivity index (χ4n) is 3.88. The highest BCUT2D eigenvalue weighted by molar-refractivity contribution is 6.04. The lowest BCUT2D eigenvalue weighted by atomic mass is 9.85. The normalized spacial score (nSPS) is 10.9. The van der Waals surface area contributed by atoms with E-state index in [-0.39, 0.29) is 0 Å². The Labute approximate surface area is 191 Å². The second-order valence-electron chi connectivity index (χ2n) is 7.86. The highest BCUT2D eigenvalue weighted by atomic mass is 14.7. The van der Waals surface area contributed by atoms with Gasteiger partial charge in [0.1, 0.15) is 0 Å². The molecule has 0 radical (unpaired) electrons. The minimum atomic E-state index is 0.888. The summed E-state index contributed by atoms with van der Waals surface area (Å²) in [6.45, 7) is 3.08. The zero-order valence-electron chi connectivity index (χ0n) is 18.6. The molecule has 0 saturated heterocycles. The maximum absolute atomic E-state index is 4.56. The molecule has 0 spiro atoms. The Hall–Kier alpha value is -3.71. The van der Waals surface area contributed by atoms with E-state index in [2.05, 4.69) is 127 Å². The van der Waals surface area contributed by atoms with Crippen LogP contribution in [0.25, 0.3) is 11.1 Å². The van der Waals surface area contributed by atoms with Crippen LogP contribution in [0.15, 0.2) is 120 Å². The molecule has 0 aliphatic carbocycles. The summed E-state index contributed by atoms with van der Waals surface area (Å²) >= 11 is 0. The van der Waals surface area contributed by atoms with E-state index in [9.17, 15) is 0 Å². The van der Waals surface area contributed by atoms with E-state index >= 15 is 0 Å². The van der Waals surface area contributed by atoms with Gasteiger partial charge in [-0.2, -0.15) is 0 Å². The van der Waals surface area contributed by atoms with Gasteiger partial charge in [-0.15, -0.1) is 0 Å². The third-order valence-electron chi connectivity index (χ3n) is 5.52. The van der Waals surface area contributed by atoms with Crippen LogP contribution in [0.1, 0.15) is 47.6 Å². The van der Waals surface area contributed by atoms with Crippen molar-refractivity contribution in [2.75, 3.05) is 6.54 Å². The molecule has 0 aromatic heterocycles. The van der Waals surface area contributed by atoms with Gasteiger partial charge < -0.3 is 0 Å². The second kappa shape index (κ2) is 11.1. The maximum Gasteiger partial charge on any atom is 0.0389 e. The molecule has 32 heavy (non-hydrogen) atoms. The van der Waals surface area contributed by atoms with Gasteiger partial charge in [-0.1, -0.05) is 129 Å². The third-order valence-corrected chi connectivity index (χ3v) is 5.52. The Kier molecular flexibility index (Phi) is 7.44. The van der Waals surface area contributed by atoms with Gasteiger partial charge in [-0.25, -0.2) is 0 Å². The molecule has 1 heteroatoms. The van der Waals surface area contributed by atoms with Crippen molar-refractivity contribution in [2.45, 2.75) is 19.8 Å². The Morgan fingerprint density at radius 2 is 0.969 bits per heavy atom. The number of hydrogen-bond acceptors (Lipinski definition) is 1. The first-order valence-electron chi connectivity index (χ1n) is 11.4. The number of rotatable bonds is 8. The van der Waals surface area contributed by atoms with E-state index in [0.717, 1.165) is 18.5 Å². The minimum absolute atomic E-state index is 0.888. The molecule has 0 atom stereocenters. The lowest BCUT2D eigenvalue weighted by Gasteiger charge is -2.18. The lowest BCUT2D eigenvalue weighted by Crippen LogP contribution is -1.97. The third kappa shape index (κ3) is 5.31. The van der Waals surface area contributed by atoms with Crippen LogP contribution in [-0.2, 0) is 0 Å². The molecule has 1 nitrogen and oxygen atoms in total. The topological polar surface area (TPSA) is 12.4 Å². The van der Waals surface area contributed by atoms with Crippen LogP contribution >= 0.6 is 0 Å². The molecule has 158 valence electrons. The first-order chi connectivity index (χ1) is 15.9. The summed E-state index contributed by atoms with van der Waals surface area (Å²) in [5.74, 6) is 0. The average Bonchev–Trinajstić information content (AvgIpc) is 2.87. The van der Waals surface area contributed by atoms with Gasteiger partial charge in [0, 0.05) is 12.8 Å². The molecular weight excluding hydrogens is 386 g/mol. The molecule has 0 saturated carbocycles. The van der Waals surface area contributed by atoms with E-state index in [4.69, 9.17) is 0 Å². The largest absolute Gasteiger partial charge is 0.293 e. The lowest BCUT2D eigenvalue weighted by molar-refractivity contribution is 0.810. The highest BCUT2D eigenvalue weighted by Gasteiger charge is 2.15. The van der Waals surface area contributed by atoms with E-state index in [1.165, 1.54) is 39.8 Å². The molecule has 0 amide bonds. The second-order valence-corrected chi connectivity index (χ2v) is 7.86. The van der Waals surface area contributed by atoms with Gasteiger partial charge in [0.2, 0.25) is 0 Å². The molecule has 0 bridgehead atoms. The summed E-state index contributed by atoms with van der Waals surface area (Å²) in [7, 11) is 0. The molecule has 4 rings (SSSR count). The van der Waals surface area contributed by atoms with Crippen molar-refractivity contribution < 1.29 is 0 Å². The zero-order valence-corrected chi connectivity index (χ0v) is 18.6. The number of nitrogens with zero attached hydrogens (tertiary/aromatic N) is 1. The fraction of sp³-hybridized carbons (Fsp3) is 0.129. The Bertz CT molecular complexity index is 1110. The summed E-state index contributed by atoms with van der Waals surface area (Å²) in [5.41, 5.74) is 8.44. The smallest absolute Gasteiger partial charge is 0.0389 e. The van der Waals surface area contributed by atoms with Crippen LogP contribution in [0, 0.1) is 0 Å². The first-order valence-corrected chi connectivity index (χ1v) is 11.4. The molecule has 0 fully saturated rings. The van der Waals surface area contributed by atoms with Gasteiger partial charge in [0.25, 0.3) is 0 Å². The van der Waals surface area contributed by atoms with Crippen molar-refractivity contribution >= 4 is 17.4 Å². The zero-order chi connectivity index (χ0) is 22.0. The van der Waals surface area contributed by atoms with Crippen molar-refractivity contribution in [2.24, 2.45) is 4.99 Å². The van der Waals surface area contributed by atoms with E-state index in [1.54, 1.807) is 0 Å². The molecule has 0 unspecified atom stereocenters. The van der Waals surface area contributed by atoms with Gasteiger partial charge in [0.05, 0.1) is 0 Å².